The van der Waals surface area contributed by atoms with Crippen LogP contribution in [0.25, 0.3) is 122 Å². The van der Waals surface area contributed by atoms with Crippen LogP contribution in [0.15, 0.2) is 171 Å². The molecule has 8 aromatic carbocycles. The first-order chi connectivity index (χ1) is 28.8. The Morgan fingerprint density at radius 1 is 0.373 bits per heavy atom. The van der Waals surface area contributed by atoms with Crippen LogP contribution in [-0.4, -0.2) is 15.0 Å². The average molecular weight is 762 g/mol. The number of furan rings is 3. The summed E-state index contributed by atoms with van der Waals surface area (Å²) in [6.07, 6.45) is 0. The summed E-state index contributed by atoms with van der Waals surface area (Å²) in [5.41, 5.74) is 10.7. The summed E-state index contributed by atoms with van der Waals surface area (Å²) < 4.78 is 19.7. The highest BCUT2D eigenvalue weighted by Gasteiger charge is 2.23. The first-order valence-electron chi connectivity index (χ1n) is 19.9. The second-order valence-electron chi connectivity index (χ2n) is 16.4. The van der Waals surface area contributed by atoms with Crippen LogP contribution in [0.1, 0.15) is 26.3 Å². The van der Waals surface area contributed by atoms with Crippen molar-refractivity contribution in [3.63, 3.8) is 0 Å². The molecule has 0 aliphatic rings. The monoisotopic (exact) mass is 761 g/mol. The molecule has 0 radical (unpaired) electrons. The van der Waals surface area contributed by atoms with Crippen molar-refractivity contribution in [3.05, 3.63) is 163 Å². The standard InChI is InChI=1S/C53H35N3O3/c1-53(2,3)42-17-10-18-45-47(42)41-28-33(22-26-44(41)57-45)50-54-51(34-20-23-36-38-24-19-31-13-7-8-14-35(31)48(38)59-46(36)29-34)56-52(55-50)39-16-9-15-37-40-27-32(30-11-5-4-6-12-30)21-25-43(40)58-49(37)39/h4-29H,1-3H3. The summed E-state index contributed by atoms with van der Waals surface area (Å²) >= 11 is 0. The Morgan fingerprint density at radius 2 is 1.02 bits per heavy atom. The van der Waals surface area contributed by atoms with Crippen LogP contribution in [0, 0.1) is 0 Å². The predicted molar refractivity (Wildman–Crippen MR) is 240 cm³/mol. The number of hydrogen-bond acceptors (Lipinski definition) is 6. The molecule has 12 rings (SSSR count). The SMILES string of the molecule is CC(C)(C)c1cccc2oc3ccc(-c4nc(-c5ccc6c(c5)oc5c7ccccc7ccc65)nc(-c5cccc6c5oc5ccc(-c7ccccc7)cc56)n4)cc3c12. The topological polar surface area (TPSA) is 78.1 Å². The number of fused-ring (bicyclic) bond motifs is 11. The van der Waals surface area contributed by atoms with Gasteiger partial charge in [-0.3, -0.25) is 0 Å². The van der Waals surface area contributed by atoms with Crippen molar-refractivity contribution in [3.8, 4) is 45.3 Å². The van der Waals surface area contributed by atoms with Crippen molar-refractivity contribution < 1.29 is 13.3 Å². The second kappa shape index (κ2) is 12.5. The fraction of sp³-hybridized carbons (Fsp3) is 0.0755. The molecular weight excluding hydrogens is 727 g/mol. The minimum absolute atomic E-state index is 0.0888. The normalized spacial score (nSPS) is 12.3. The Kier molecular flexibility index (Phi) is 7.09. The van der Waals surface area contributed by atoms with E-state index in [1.807, 2.05) is 54.6 Å². The maximum atomic E-state index is 6.66. The van der Waals surface area contributed by atoms with Gasteiger partial charge >= 0.3 is 0 Å². The Hall–Kier alpha value is -7.57. The predicted octanol–water partition coefficient (Wildman–Crippen LogP) is 14.7. The number of aromatic nitrogens is 3. The zero-order chi connectivity index (χ0) is 39.4. The van der Waals surface area contributed by atoms with Crippen molar-refractivity contribution >= 4 is 76.6 Å². The van der Waals surface area contributed by atoms with Gasteiger partial charge in [0, 0.05) is 48.8 Å². The molecule has 4 aromatic heterocycles. The third kappa shape index (κ3) is 5.30. The van der Waals surface area contributed by atoms with Gasteiger partial charge in [0.15, 0.2) is 17.5 Å². The first-order valence-corrected chi connectivity index (χ1v) is 19.9. The van der Waals surface area contributed by atoms with Gasteiger partial charge in [0.25, 0.3) is 0 Å². The number of para-hydroxylation sites is 1. The van der Waals surface area contributed by atoms with Crippen molar-refractivity contribution in [2.24, 2.45) is 0 Å². The van der Waals surface area contributed by atoms with Crippen molar-refractivity contribution in [2.75, 3.05) is 0 Å². The summed E-state index contributed by atoms with van der Waals surface area (Å²) in [5, 5.41) is 8.50. The van der Waals surface area contributed by atoms with Gasteiger partial charge in [-0.15, -0.1) is 0 Å². The van der Waals surface area contributed by atoms with Gasteiger partial charge in [-0.2, -0.15) is 0 Å². The molecule has 6 heteroatoms. The summed E-state index contributed by atoms with van der Waals surface area (Å²) in [6.45, 7) is 6.70. The van der Waals surface area contributed by atoms with E-state index in [0.717, 1.165) is 104 Å². The van der Waals surface area contributed by atoms with Crippen molar-refractivity contribution in [1.82, 2.24) is 15.0 Å². The Balaban J connectivity index is 1.08. The van der Waals surface area contributed by atoms with Crippen LogP contribution in [0.5, 0.6) is 0 Å². The lowest BCUT2D eigenvalue weighted by Gasteiger charge is -2.20. The highest BCUT2D eigenvalue weighted by Crippen LogP contribution is 2.41. The van der Waals surface area contributed by atoms with E-state index in [4.69, 9.17) is 28.2 Å². The molecule has 0 N–H and O–H groups in total. The van der Waals surface area contributed by atoms with E-state index in [9.17, 15) is 0 Å². The van der Waals surface area contributed by atoms with Crippen LogP contribution >= 0.6 is 0 Å². The lowest BCUT2D eigenvalue weighted by Crippen LogP contribution is -2.11. The molecule has 59 heavy (non-hydrogen) atoms. The highest BCUT2D eigenvalue weighted by molar-refractivity contribution is 6.15. The number of hydrogen-bond donors (Lipinski definition) is 0. The number of benzene rings is 8. The maximum Gasteiger partial charge on any atom is 0.167 e. The molecule has 0 aliphatic carbocycles. The van der Waals surface area contributed by atoms with Crippen LogP contribution in [0.2, 0.25) is 0 Å². The van der Waals surface area contributed by atoms with Crippen LogP contribution < -0.4 is 0 Å². The molecule has 12 aromatic rings. The van der Waals surface area contributed by atoms with Crippen molar-refractivity contribution in [2.45, 2.75) is 26.2 Å². The molecular formula is C53H35N3O3. The molecule has 0 fully saturated rings. The highest BCUT2D eigenvalue weighted by atomic mass is 16.3. The fourth-order valence-electron chi connectivity index (χ4n) is 8.77. The van der Waals surface area contributed by atoms with E-state index in [-0.39, 0.29) is 5.41 Å². The Bertz CT molecular complexity index is 3660. The zero-order valence-corrected chi connectivity index (χ0v) is 32.6. The van der Waals surface area contributed by atoms with Gasteiger partial charge in [-0.1, -0.05) is 118 Å². The van der Waals surface area contributed by atoms with E-state index in [0.29, 0.717) is 17.5 Å². The van der Waals surface area contributed by atoms with Crippen LogP contribution in [0.4, 0.5) is 0 Å². The molecule has 0 atom stereocenters. The molecule has 0 unspecified atom stereocenters. The van der Waals surface area contributed by atoms with Gasteiger partial charge in [-0.25, -0.2) is 15.0 Å². The molecule has 280 valence electrons. The quantitative estimate of drug-likeness (QED) is 0.178. The van der Waals surface area contributed by atoms with Gasteiger partial charge in [0.1, 0.15) is 33.5 Å². The van der Waals surface area contributed by atoms with Gasteiger partial charge < -0.3 is 13.3 Å². The molecule has 0 aliphatic heterocycles. The summed E-state index contributed by atoms with van der Waals surface area (Å²) in [5.74, 6) is 1.59. The minimum atomic E-state index is -0.0888. The minimum Gasteiger partial charge on any atom is -0.456 e. The van der Waals surface area contributed by atoms with Gasteiger partial charge in [0.2, 0.25) is 0 Å². The van der Waals surface area contributed by atoms with E-state index < -0.39 is 0 Å². The fourth-order valence-corrected chi connectivity index (χ4v) is 8.77. The lowest BCUT2D eigenvalue weighted by molar-refractivity contribution is 0.594. The Labute approximate surface area is 338 Å². The Morgan fingerprint density at radius 3 is 1.86 bits per heavy atom. The maximum absolute atomic E-state index is 6.66. The summed E-state index contributed by atoms with van der Waals surface area (Å²) in [7, 11) is 0. The molecule has 6 nitrogen and oxygen atoms in total. The molecule has 0 spiro atoms. The summed E-state index contributed by atoms with van der Waals surface area (Å²) in [6, 6.07) is 54.3. The van der Waals surface area contributed by atoms with E-state index in [2.05, 4.69) is 124 Å². The molecule has 4 heterocycles. The molecule has 0 saturated heterocycles. The van der Waals surface area contributed by atoms with E-state index in [1.54, 1.807) is 0 Å². The van der Waals surface area contributed by atoms with Gasteiger partial charge in [-0.05, 0) is 88.2 Å². The van der Waals surface area contributed by atoms with E-state index >= 15 is 0 Å². The largest absolute Gasteiger partial charge is 0.456 e. The smallest absolute Gasteiger partial charge is 0.167 e. The first kappa shape index (κ1) is 33.6. The van der Waals surface area contributed by atoms with Crippen LogP contribution in [0.3, 0.4) is 0 Å². The average Bonchev–Trinajstić information content (AvgIpc) is 3.96. The molecule has 0 amide bonds. The second-order valence-corrected chi connectivity index (χ2v) is 16.4. The zero-order valence-electron chi connectivity index (χ0n) is 32.6. The van der Waals surface area contributed by atoms with E-state index in [1.165, 1.54) is 5.56 Å². The number of nitrogens with zero attached hydrogens (tertiary/aromatic N) is 3. The third-order valence-electron chi connectivity index (χ3n) is 11.7. The van der Waals surface area contributed by atoms with Crippen molar-refractivity contribution in [1.29, 1.82) is 0 Å². The lowest BCUT2D eigenvalue weighted by atomic mass is 9.84. The molecule has 0 saturated carbocycles. The van der Waals surface area contributed by atoms with Gasteiger partial charge in [0.05, 0.1) is 5.56 Å². The van der Waals surface area contributed by atoms with Crippen LogP contribution in [-0.2, 0) is 5.41 Å². The molecule has 0 bridgehead atoms. The third-order valence-corrected chi connectivity index (χ3v) is 11.7. The summed E-state index contributed by atoms with van der Waals surface area (Å²) in [4.78, 5) is 15.6. The number of rotatable bonds is 4.